The first kappa shape index (κ1) is 17.7. The van der Waals surface area contributed by atoms with Crippen molar-refractivity contribution in [3.05, 3.63) is 78.4 Å². The summed E-state index contributed by atoms with van der Waals surface area (Å²) in [5, 5.41) is 2.06. The van der Waals surface area contributed by atoms with Crippen LogP contribution in [0.25, 0.3) is 55.9 Å². The zero-order chi connectivity index (χ0) is 20.9. The number of methoxy groups -OCH3 is 1. The van der Waals surface area contributed by atoms with Crippen molar-refractivity contribution in [3.8, 4) is 28.7 Å². The summed E-state index contributed by atoms with van der Waals surface area (Å²) in [6.07, 6.45) is 0. The maximum atomic E-state index is 6.10. The summed E-state index contributed by atoms with van der Waals surface area (Å²) in [6.45, 7) is 2.04. The monoisotopic (exact) mass is 406 g/mol. The Bertz CT molecular complexity index is 1590. The maximum absolute atomic E-state index is 6.10. The molecular formula is C26H18N2O3. The Labute approximate surface area is 177 Å². The quantitative estimate of drug-likeness (QED) is 0.324. The number of nitrogens with zero attached hydrogens (tertiary/aromatic N) is 2. The molecule has 0 bridgehead atoms. The number of rotatable bonds is 3. The van der Waals surface area contributed by atoms with Crippen LogP contribution in [0, 0.1) is 6.92 Å². The zero-order valence-corrected chi connectivity index (χ0v) is 17.0. The minimum atomic E-state index is 0.569. The molecular weight excluding hydrogens is 388 g/mol. The van der Waals surface area contributed by atoms with E-state index >= 15 is 0 Å². The molecule has 2 aromatic heterocycles. The van der Waals surface area contributed by atoms with E-state index in [1.807, 2.05) is 67.6 Å². The molecule has 0 aliphatic rings. The first-order valence-corrected chi connectivity index (χ1v) is 10.0. The van der Waals surface area contributed by atoms with Crippen molar-refractivity contribution in [2.24, 2.45) is 0 Å². The number of benzene rings is 4. The molecule has 6 aromatic rings. The maximum Gasteiger partial charge on any atom is 0.227 e. The van der Waals surface area contributed by atoms with Crippen LogP contribution in [0.3, 0.4) is 0 Å². The molecule has 6 rings (SSSR count). The summed E-state index contributed by atoms with van der Waals surface area (Å²) in [4.78, 5) is 9.40. The van der Waals surface area contributed by atoms with Crippen LogP contribution >= 0.6 is 0 Å². The molecule has 150 valence electrons. The van der Waals surface area contributed by atoms with Crippen LogP contribution in [0.2, 0.25) is 0 Å². The second-order valence-corrected chi connectivity index (χ2v) is 7.55. The van der Waals surface area contributed by atoms with Crippen LogP contribution in [0.4, 0.5) is 0 Å². The third kappa shape index (κ3) is 2.86. The molecule has 0 unspecified atom stereocenters. The van der Waals surface area contributed by atoms with Gasteiger partial charge in [-0.3, -0.25) is 0 Å². The van der Waals surface area contributed by atoms with Gasteiger partial charge in [0.25, 0.3) is 0 Å². The molecule has 0 aliphatic heterocycles. The Morgan fingerprint density at radius 1 is 0.677 bits per heavy atom. The molecule has 5 nitrogen and oxygen atoms in total. The zero-order valence-electron chi connectivity index (χ0n) is 17.0. The highest BCUT2D eigenvalue weighted by Crippen LogP contribution is 2.37. The average Bonchev–Trinajstić information content (AvgIpc) is 3.41. The van der Waals surface area contributed by atoms with Crippen molar-refractivity contribution in [1.29, 1.82) is 0 Å². The van der Waals surface area contributed by atoms with Crippen molar-refractivity contribution in [1.82, 2.24) is 9.97 Å². The lowest BCUT2D eigenvalue weighted by Gasteiger charge is -2.07. The number of fused-ring (bicyclic) bond motifs is 3. The van der Waals surface area contributed by atoms with Gasteiger partial charge in [-0.1, -0.05) is 30.3 Å². The largest absolute Gasteiger partial charge is 0.497 e. The summed E-state index contributed by atoms with van der Waals surface area (Å²) in [6, 6.07) is 23.9. The van der Waals surface area contributed by atoms with E-state index in [0.717, 1.165) is 49.8 Å². The van der Waals surface area contributed by atoms with Gasteiger partial charge >= 0.3 is 0 Å². The van der Waals surface area contributed by atoms with Gasteiger partial charge < -0.3 is 13.6 Å². The van der Waals surface area contributed by atoms with Gasteiger partial charge in [-0.15, -0.1) is 0 Å². The highest BCUT2D eigenvalue weighted by molar-refractivity contribution is 6.03. The van der Waals surface area contributed by atoms with Crippen LogP contribution in [-0.4, -0.2) is 17.1 Å². The van der Waals surface area contributed by atoms with Gasteiger partial charge in [0.05, 0.1) is 7.11 Å². The van der Waals surface area contributed by atoms with Crippen LogP contribution in [0.15, 0.2) is 81.6 Å². The number of hydrogen-bond donors (Lipinski definition) is 0. The topological polar surface area (TPSA) is 61.3 Å². The molecule has 0 fully saturated rings. The standard InChI is InChI=1S/C26H18N2O3/c1-15-7-11-21-23(13-15)30-25(27-21)19-9-10-20(18-6-4-3-5-17(18)19)26-28-22-12-8-16(29-2)14-24(22)31-26/h3-14H,1-2H3. The van der Waals surface area contributed by atoms with Crippen LogP contribution in [0.5, 0.6) is 5.75 Å². The van der Waals surface area contributed by atoms with Crippen LogP contribution in [0.1, 0.15) is 5.56 Å². The molecule has 2 heterocycles. The molecule has 0 saturated heterocycles. The summed E-state index contributed by atoms with van der Waals surface area (Å²) >= 11 is 0. The van der Waals surface area contributed by atoms with E-state index in [2.05, 4.69) is 12.1 Å². The third-order valence-electron chi connectivity index (χ3n) is 5.52. The molecule has 0 spiro atoms. The van der Waals surface area contributed by atoms with Gasteiger partial charge in [0.15, 0.2) is 11.2 Å². The Morgan fingerprint density at radius 3 is 1.87 bits per heavy atom. The fraction of sp³-hybridized carbons (Fsp3) is 0.0769. The Hall–Kier alpha value is -4.12. The molecule has 31 heavy (non-hydrogen) atoms. The Kier molecular flexibility index (Phi) is 3.83. The minimum absolute atomic E-state index is 0.569. The van der Waals surface area contributed by atoms with Crippen molar-refractivity contribution in [3.63, 3.8) is 0 Å². The van der Waals surface area contributed by atoms with Crippen LogP contribution < -0.4 is 4.74 Å². The average molecular weight is 406 g/mol. The molecule has 0 aliphatic carbocycles. The number of aromatic nitrogens is 2. The van der Waals surface area contributed by atoms with Crippen molar-refractivity contribution in [2.75, 3.05) is 7.11 Å². The van der Waals surface area contributed by atoms with E-state index < -0.39 is 0 Å². The highest BCUT2D eigenvalue weighted by Gasteiger charge is 2.17. The van der Waals surface area contributed by atoms with Crippen molar-refractivity contribution in [2.45, 2.75) is 6.92 Å². The fourth-order valence-corrected chi connectivity index (χ4v) is 3.97. The van der Waals surface area contributed by atoms with Crippen molar-refractivity contribution >= 4 is 33.0 Å². The summed E-state index contributed by atoms with van der Waals surface area (Å²) < 4.78 is 17.5. The lowest BCUT2D eigenvalue weighted by atomic mass is 9.99. The van der Waals surface area contributed by atoms with E-state index in [1.165, 1.54) is 0 Å². The second-order valence-electron chi connectivity index (χ2n) is 7.55. The predicted molar refractivity (Wildman–Crippen MR) is 121 cm³/mol. The van der Waals surface area contributed by atoms with E-state index in [-0.39, 0.29) is 0 Å². The fourth-order valence-electron chi connectivity index (χ4n) is 3.97. The van der Waals surface area contributed by atoms with Gasteiger partial charge in [-0.2, -0.15) is 0 Å². The van der Waals surface area contributed by atoms with Gasteiger partial charge in [0.1, 0.15) is 16.8 Å². The second kappa shape index (κ2) is 6.71. The first-order chi connectivity index (χ1) is 15.2. The third-order valence-corrected chi connectivity index (χ3v) is 5.52. The van der Waals surface area contributed by atoms with E-state index in [0.29, 0.717) is 17.4 Å². The van der Waals surface area contributed by atoms with Gasteiger partial charge in [0, 0.05) is 17.2 Å². The molecule has 0 radical (unpaired) electrons. The molecule has 0 saturated carbocycles. The van der Waals surface area contributed by atoms with Gasteiger partial charge in [-0.05, 0) is 59.7 Å². The summed E-state index contributed by atoms with van der Waals surface area (Å²) in [5.74, 6) is 1.91. The lowest BCUT2D eigenvalue weighted by molar-refractivity contribution is 0.414. The number of ether oxygens (including phenoxy) is 1. The van der Waals surface area contributed by atoms with E-state index in [4.69, 9.17) is 23.5 Å². The SMILES string of the molecule is COc1ccc2nc(-c3ccc(-c4nc5ccc(C)cc5o4)c4ccccc34)oc2c1. The van der Waals surface area contributed by atoms with Crippen LogP contribution in [-0.2, 0) is 0 Å². The smallest absolute Gasteiger partial charge is 0.227 e. The normalized spacial score (nSPS) is 11.5. The molecule has 0 atom stereocenters. The van der Waals surface area contributed by atoms with Gasteiger partial charge in [0.2, 0.25) is 11.8 Å². The molecule has 0 N–H and O–H groups in total. The molecule has 4 aromatic carbocycles. The number of aryl methyl sites for hydroxylation is 1. The molecule has 5 heteroatoms. The first-order valence-electron chi connectivity index (χ1n) is 10.0. The van der Waals surface area contributed by atoms with Crippen molar-refractivity contribution < 1.29 is 13.6 Å². The lowest BCUT2D eigenvalue weighted by Crippen LogP contribution is -1.86. The minimum Gasteiger partial charge on any atom is -0.497 e. The molecule has 0 amide bonds. The Morgan fingerprint density at radius 2 is 1.26 bits per heavy atom. The predicted octanol–water partition coefficient (Wildman–Crippen LogP) is 6.77. The van der Waals surface area contributed by atoms with Gasteiger partial charge in [-0.25, -0.2) is 9.97 Å². The highest BCUT2D eigenvalue weighted by atomic mass is 16.5. The summed E-state index contributed by atoms with van der Waals surface area (Å²) in [5.41, 5.74) is 6.11. The Balaban J connectivity index is 1.55. The summed E-state index contributed by atoms with van der Waals surface area (Å²) in [7, 11) is 1.64. The van der Waals surface area contributed by atoms with E-state index in [1.54, 1.807) is 7.11 Å². The van der Waals surface area contributed by atoms with E-state index in [9.17, 15) is 0 Å². The number of hydrogen-bond acceptors (Lipinski definition) is 5. The number of oxazole rings is 2.